The first-order valence-corrected chi connectivity index (χ1v) is 8.39. The SMILES string of the molecule is COc1ccc(C(Cl)c2ccc(Br)cc2Br)c(OC)c1Cl. The fourth-order valence-corrected chi connectivity index (χ4v) is 4.09. The number of halogens is 4. The van der Waals surface area contributed by atoms with Gasteiger partial charge in [0.1, 0.15) is 16.5 Å². The molecule has 2 aromatic rings. The van der Waals surface area contributed by atoms with E-state index in [0.29, 0.717) is 16.5 Å². The average Bonchev–Trinajstić information content (AvgIpc) is 2.46. The first-order valence-electron chi connectivity index (χ1n) is 5.99. The van der Waals surface area contributed by atoms with Gasteiger partial charge in [-0.05, 0) is 29.8 Å². The van der Waals surface area contributed by atoms with E-state index in [-0.39, 0.29) is 0 Å². The lowest BCUT2D eigenvalue weighted by molar-refractivity contribution is 0.392. The highest BCUT2D eigenvalue weighted by Crippen LogP contribution is 2.44. The number of rotatable bonds is 4. The highest BCUT2D eigenvalue weighted by atomic mass is 79.9. The van der Waals surface area contributed by atoms with E-state index >= 15 is 0 Å². The third-order valence-corrected chi connectivity index (χ3v) is 5.03. The molecule has 112 valence electrons. The summed E-state index contributed by atoms with van der Waals surface area (Å²) >= 11 is 19.8. The van der Waals surface area contributed by atoms with Crippen molar-refractivity contribution in [3.8, 4) is 11.5 Å². The average molecular weight is 455 g/mol. The standard InChI is InChI=1S/C15H12Br2Cl2O2/c1-20-12-6-5-10(15(21-2)14(12)19)13(18)9-4-3-8(16)7-11(9)17/h3-7,13H,1-2H3. The molecule has 0 fully saturated rings. The second-order valence-electron chi connectivity index (χ2n) is 4.23. The van der Waals surface area contributed by atoms with E-state index in [4.69, 9.17) is 32.7 Å². The van der Waals surface area contributed by atoms with Gasteiger partial charge in [-0.1, -0.05) is 49.5 Å². The lowest BCUT2D eigenvalue weighted by Crippen LogP contribution is -2.00. The molecule has 0 aliphatic heterocycles. The summed E-state index contributed by atoms with van der Waals surface area (Å²) in [5, 5.41) is 0.0159. The molecule has 0 aliphatic carbocycles. The highest BCUT2D eigenvalue weighted by Gasteiger charge is 2.22. The lowest BCUT2D eigenvalue weighted by atomic mass is 10.0. The maximum Gasteiger partial charge on any atom is 0.146 e. The van der Waals surface area contributed by atoms with Gasteiger partial charge in [0, 0.05) is 14.5 Å². The summed E-state index contributed by atoms with van der Waals surface area (Å²) in [5.41, 5.74) is 1.72. The third kappa shape index (κ3) is 3.50. The van der Waals surface area contributed by atoms with Gasteiger partial charge in [-0.25, -0.2) is 0 Å². The van der Waals surface area contributed by atoms with Gasteiger partial charge < -0.3 is 9.47 Å². The van der Waals surface area contributed by atoms with Crippen molar-refractivity contribution in [2.75, 3.05) is 14.2 Å². The molecule has 0 saturated heterocycles. The quantitative estimate of drug-likeness (QED) is 0.511. The van der Waals surface area contributed by atoms with Crippen LogP contribution in [-0.2, 0) is 0 Å². The maximum absolute atomic E-state index is 6.62. The Labute approximate surface area is 150 Å². The van der Waals surface area contributed by atoms with Gasteiger partial charge in [0.15, 0.2) is 0 Å². The Morgan fingerprint density at radius 1 is 1.00 bits per heavy atom. The Bertz CT molecular complexity index is 662. The van der Waals surface area contributed by atoms with E-state index in [0.717, 1.165) is 20.1 Å². The molecule has 0 amide bonds. The Morgan fingerprint density at radius 3 is 2.24 bits per heavy atom. The predicted octanol–water partition coefficient (Wildman–Crippen LogP) is 6.21. The van der Waals surface area contributed by atoms with Crippen LogP contribution in [0.25, 0.3) is 0 Å². The van der Waals surface area contributed by atoms with Gasteiger partial charge in [0.05, 0.1) is 19.6 Å². The van der Waals surface area contributed by atoms with Gasteiger partial charge in [0.2, 0.25) is 0 Å². The molecule has 0 aliphatic rings. The van der Waals surface area contributed by atoms with Gasteiger partial charge >= 0.3 is 0 Å². The fraction of sp³-hybridized carbons (Fsp3) is 0.200. The summed E-state index contributed by atoms with van der Waals surface area (Å²) in [4.78, 5) is 0. The minimum Gasteiger partial charge on any atom is -0.495 e. The third-order valence-electron chi connectivity index (χ3n) is 3.02. The van der Waals surface area contributed by atoms with Gasteiger partial charge in [-0.3, -0.25) is 0 Å². The van der Waals surface area contributed by atoms with Crippen LogP contribution in [0.1, 0.15) is 16.5 Å². The zero-order valence-electron chi connectivity index (χ0n) is 11.3. The number of hydrogen-bond donors (Lipinski definition) is 0. The van der Waals surface area contributed by atoms with Crippen LogP contribution in [0.2, 0.25) is 5.02 Å². The number of benzene rings is 2. The van der Waals surface area contributed by atoms with Crippen molar-refractivity contribution in [3.05, 3.63) is 55.4 Å². The predicted molar refractivity (Wildman–Crippen MR) is 94.1 cm³/mol. The topological polar surface area (TPSA) is 18.5 Å². The van der Waals surface area contributed by atoms with Crippen LogP contribution >= 0.6 is 55.1 Å². The summed E-state index contributed by atoms with van der Waals surface area (Å²) in [5.74, 6) is 1.07. The summed E-state index contributed by atoms with van der Waals surface area (Å²) in [6.45, 7) is 0. The summed E-state index contributed by atoms with van der Waals surface area (Å²) in [7, 11) is 3.12. The molecular weight excluding hydrogens is 443 g/mol. The molecule has 0 bridgehead atoms. The first-order chi connectivity index (χ1) is 9.99. The summed E-state index contributed by atoms with van der Waals surface area (Å²) in [6.07, 6.45) is 0. The largest absolute Gasteiger partial charge is 0.495 e. The molecule has 0 spiro atoms. The first kappa shape index (κ1) is 16.9. The van der Waals surface area contributed by atoms with Crippen LogP contribution in [-0.4, -0.2) is 14.2 Å². The molecular formula is C15H12Br2Cl2O2. The van der Waals surface area contributed by atoms with Crippen LogP contribution in [0.15, 0.2) is 39.3 Å². The number of hydrogen-bond acceptors (Lipinski definition) is 2. The smallest absolute Gasteiger partial charge is 0.146 e. The highest BCUT2D eigenvalue weighted by molar-refractivity contribution is 9.11. The Balaban J connectivity index is 2.52. The molecule has 2 aromatic carbocycles. The second-order valence-corrected chi connectivity index (χ2v) is 6.82. The van der Waals surface area contributed by atoms with Crippen molar-refractivity contribution >= 4 is 55.1 Å². The van der Waals surface area contributed by atoms with Crippen LogP contribution in [0.5, 0.6) is 11.5 Å². The van der Waals surface area contributed by atoms with Crippen molar-refractivity contribution < 1.29 is 9.47 Å². The van der Waals surface area contributed by atoms with Crippen LogP contribution in [0, 0.1) is 0 Å². The zero-order chi connectivity index (χ0) is 15.6. The molecule has 0 aromatic heterocycles. The second kappa shape index (κ2) is 7.23. The van der Waals surface area contributed by atoms with E-state index in [2.05, 4.69) is 31.9 Å². The monoisotopic (exact) mass is 452 g/mol. The molecule has 0 heterocycles. The van der Waals surface area contributed by atoms with E-state index in [1.807, 2.05) is 24.3 Å². The van der Waals surface area contributed by atoms with Crippen molar-refractivity contribution in [1.29, 1.82) is 0 Å². The maximum atomic E-state index is 6.62. The summed E-state index contributed by atoms with van der Waals surface area (Å²) < 4.78 is 12.5. The molecule has 0 radical (unpaired) electrons. The minimum atomic E-state index is -0.397. The molecule has 6 heteroatoms. The molecule has 0 N–H and O–H groups in total. The molecule has 0 saturated carbocycles. The van der Waals surface area contributed by atoms with Gasteiger partial charge in [-0.15, -0.1) is 11.6 Å². The molecule has 1 unspecified atom stereocenters. The number of ether oxygens (including phenoxy) is 2. The van der Waals surface area contributed by atoms with Crippen molar-refractivity contribution in [2.45, 2.75) is 5.38 Å². The van der Waals surface area contributed by atoms with Crippen molar-refractivity contribution in [1.82, 2.24) is 0 Å². The van der Waals surface area contributed by atoms with Crippen molar-refractivity contribution in [3.63, 3.8) is 0 Å². The number of alkyl halides is 1. The van der Waals surface area contributed by atoms with Crippen LogP contribution < -0.4 is 9.47 Å². The van der Waals surface area contributed by atoms with Crippen LogP contribution in [0.3, 0.4) is 0 Å². The normalized spacial score (nSPS) is 12.1. The molecule has 2 nitrogen and oxygen atoms in total. The lowest BCUT2D eigenvalue weighted by Gasteiger charge is -2.18. The molecule has 2 rings (SSSR count). The Morgan fingerprint density at radius 2 is 1.67 bits per heavy atom. The zero-order valence-corrected chi connectivity index (χ0v) is 16.0. The van der Waals surface area contributed by atoms with E-state index in [1.165, 1.54) is 0 Å². The Hall–Kier alpha value is -0.420. The van der Waals surface area contributed by atoms with E-state index in [1.54, 1.807) is 20.3 Å². The van der Waals surface area contributed by atoms with Crippen molar-refractivity contribution in [2.24, 2.45) is 0 Å². The molecule has 1 atom stereocenters. The van der Waals surface area contributed by atoms with E-state index in [9.17, 15) is 0 Å². The minimum absolute atomic E-state index is 0.397. The van der Waals surface area contributed by atoms with Gasteiger partial charge in [0.25, 0.3) is 0 Å². The van der Waals surface area contributed by atoms with E-state index < -0.39 is 5.38 Å². The summed E-state index contributed by atoms with van der Waals surface area (Å²) in [6, 6.07) is 9.47. The molecule has 21 heavy (non-hydrogen) atoms. The number of methoxy groups -OCH3 is 2. The fourth-order valence-electron chi connectivity index (χ4n) is 1.99. The van der Waals surface area contributed by atoms with Gasteiger partial charge in [-0.2, -0.15) is 0 Å². The van der Waals surface area contributed by atoms with Crippen LogP contribution in [0.4, 0.5) is 0 Å². The Kier molecular flexibility index (Phi) is 5.83.